The Bertz CT molecular complexity index is 192. The minimum Gasteiger partial charge on any atom is -0.379 e. The predicted molar refractivity (Wildman–Crippen MR) is 58.2 cm³/mol. The van der Waals surface area contributed by atoms with Crippen LogP contribution in [0, 0.1) is 5.41 Å². The molecule has 3 heteroatoms. The van der Waals surface area contributed by atoms with Crippen LogP contribution in [0.25, 0.3) is 0 Å². The minimum absolute atomic E-state index is 0.0862. The summed E-state index contributed by atoms with van der Waals surface area (Å²) >= 11 is 0. The fourth-order valence-corrected chi connectivity index (χ4v) is 1.32. The van der Waals surface area contributed by atoms with Gasteiger partial charge in [-0.05, 0) is 26.2 Å². The van der Waals surface area contributed by atoms with Crippen LogP contribution >= 0.6 is 0 Å². The third-order valence-electron chi connectivity index (χ3n) is 1.69. The Labute approximate surface area is 87.0 Å². The van der Waals surface area contributed by atoms with Gasteiger partial charge in [0.25, 0.3) is 0 Å². The summed E-state index contributed by atoms with van der Waals surface area (Å²) in [4.78, 5) is 10.9. The molecule has 0 aliphatic carbocycles. The highest BCUT2D eigenvalue weighted by molar-refractivity contribution is 5.76. The molecule has 0 aromatic carbocycles. The standard InChI is InChI=1S/C11H23NO2/c1-9(13)6-10(2,3)7-14-8-11(4,5)12/h6-8,12H2,1-5H3. The van der Waals surface area contributed by atoms with Crippen LogP contribution in [-0.4, -0.2) is 24.5 Å². The van der Waals surface area contributed by atoms with Crippen molar-refractivity contribution in [2.24, 2.45) is 11.1 Å². The van der Waals surface area contributed by atoms with Gasteiger partial charge in [0.05, 0.1) is 13.2 Å². The number of ether oxygens (including phenoxy) is 1. The number of carbonyl (C=O) groups is 1. The van der Waals surface area contributed by atoms with Gasteiger partial charge < -0.3 is 15.3 Å². The van der Waals surface area contributed by atoms with Gasteiger partial charge in [-0.2, -0.15) is 0 Å². The number of hydrogen-bond donors (Lipinski definition) is 1. The SMILES string of the molecule is CC(=O)CC(C)(C)COCC(C)(C)N. The van der Waals surface area contributed by atoms with Crippen molar-refractivity contribution < 1.29 is 9.53 Å². The van der Waals surface area contributed by atoms with Gasteiger partial charge in [-0.15, -0.1) is 0 Å². The van der Waals surface area contributed by atoms with E-state index in [9.17, 15) is 4.79 Å². The second-order valence-corrected chi connectivity index (χ2v) is 5.52. The Morgan fingerprint density at radius 2 is 1.71 bits per heavy atom. The van der Waals surface area contributed by atoms with Gasteiger partial charge in [0, 0.05) is 12.0 Å². The van der Waals surface area contributed by atoms with E-state index in [0.717, 1.165) is 0 Å². The molecule has 0 unspecified atom stereocenters. The average Bonchev–Trinajstić information content (AvgIpc) is 1.78. The second-order valence-electron chi connectivity index (χ2n) is 5.52. The molecular formula is C11H23NO2. The molecule has 0 aromatic rings. The van der Waals surface area contributed by atoms with E-state index in [0.29, 0.717) is 19.6 Å². The van der Waals surface area contributed by atoms with Crippen LogP contribution in [0.5, 0.6) is 0 Å². The van der Waals surface area contributed by atoms with E-state index in [1.54, 1.807) is 6.92 Å². The van der Waals surface area contributed by atoms with E-state index in [1.165, 1.54) is 0 Å². The highest BCUT2D eigenvalue weighted by Gasteiger charge is 2.21. The summed E-state index contributed by atoms with van der Waals surface area (Å²) in [6.07, 6.45) is 0.554. The first-order chi connectivity index (χ1) is 6.12. The van der Waals surface area contributed by atoms with Crippen molar-refractivity contribution in [3.8, 4) is 0 Å². The summed E-state index contributed by atoms with van der Waals surface area (Å²) < 4.78 is 5.49. The van der Waals surface area contributed by atoms with E-state index in [2.05, 4.69) is 0 Å². The smallest absolute Gasteiger partial charge is 0.130 e. The van der Waals surface area contributed by atoms with Crippen molar-refractivity contribution in [3.63, 3.8) is 0 Å². The highest BCUT2D eigenvalue weighted by atomic mass is 16.5. The van der Waals surface area contributed by atoms with Crippen molar-refractivity contribution >= 4 is 5.78 Å². The zero-order valence-electron chi connectivity index (χ0n) is 10.0. The van der Waals surface area contributed by atoms with Crippen LogP contribution in [0.4, 0.5) is 0 Å². The summed E-state index contributed by atoms with van der Waals surface area (Å²) in [5.41, 5.74) is 5.39. The van der Waals surface area contributed by atoms with E-state index < -0.39 is 0 Å². The lowest BCUT2D eigenvalue weighted by Gasteiger charge is -2.26. The molecule has 0 aliphatic heterocycles. The van der Waals surface area contributed by atoms with Crippen molar-refractivity contribution in [1.29, 1.82) is 0 Å². The van der Waals surface area contributed by atoms with Crippen LogP contribution in [0.1, 0.15) is 41.0 Å². The van der Waals surface area contributed by atoms with Gasteiger partial charge in [0.15, 0.2) is 0 Å². The Kier molecular flexibility index (Phi) is 4.75. The van der Waals surface area contributed by atoms with E-state index in [-0.39, 0.29) is 16.7 Å². The Morgan fingerprint density at radius 1 is 1.21 bits per heavy atom. The molecule has 3 nitrogen and oxygen atoms in total. The Hall–Kier alpha value is -0.410. The molecule has 0 radical (unpaired) electrons. The monoisotopic (exact) mass is 201 g/mol. The first-order valence-electron chi connectivity index (χ1n) is 4.98. The third-order valence-corrected chi connectivity index (χ3v) is 1.69. The van der Waals surface area contributed by atoms with E-state index >= 15 is 0 Å². The number of carbonyl (C=O) groups excluding carboxylic acids is 1. The molecule has 0 spiro atoms. The zero-order valence-corrected chi connectivity index (χ0v) is 10.0. The van der Waals surface area contributed by atoms with Crippen LogP contribution in [0.3, 0.4) is 0 Å². The van der Waals surface area contributed by atoms with E-state index in [4.69, 9.17) is 10.5 Å². The predicted octanol–water partition coefficient (Wildman–Crippen LogP) is 1.75. The lowest BCUT2D eigenvalue weighted by molar-refractivity contribution is -0.119. The van der Waals surface area contributed by atoms with Crippen LogP contribution in [0.2, 0.25) is 0 Å². The molecule has 0 amide bonds. The number of rotatable bonds is 6. The highest BCUT2D eigenvalue weighted by Crippen LogP contribution is 2.21. The van der Waals surface area contributed by atoms with Gasteiger partial charge in [-0.1, -0.05) is 13.8 Å². The average molecular weight is 201 g/mol. The molecule has 14 heavy (non-hydrogen) atoms. The summed E-state index contributed by atoms with van der Waals surface area (Å²) in [6.45, 7) is 10.6. The summed E-state index contributed by atoms with van der Waals surface area (Å²) in [5.74, 6) is 0.200. The molecule has 0 atom stereocenters. The molecule has 2 N–H and O–H groups in total. The fraction of sp³-hybridized carbons (Fsp3) is 0.909. The molecule has 0 saturated heterocycles. The first-order valence-corrected chi connectivity index (χ1v) is 4.98. The van der Waals surface area contributed by atoms with E-state index in [1.807, 2.05) is 27.7 Å². The van der Waals surface area contributed by atoms with Gasteiger partial charge in [-0.25, -0.2) is 0 Å². The zero-order chi connectivity index (χ0) is 11.4. The molecule has 0 aromatic heterocycles. The minimum atomic E-state index is -0.299. The maximum atomic E-state index is 10.9. The second kappa shape index (κ2) is 4.89. The quantitative estimate of drug-likeness (QED) is 0.712. The van der Waals surface area contributed by atoms with Crippen molar-refractivity contribution in [2.45, 2.75) is 46.6 Å². The Balaban J connectivity index is 3.82. The first kappa shape index (κ1) is 13.6. The molecular weight excluding hydrogens is 178 g/mol. The largest absolute Gasteiger partial charge is 0.379 e. The van der Waals surface area contributed by atoms with Crippen LogP contribution < -0.4 is 5.73 Å². The molecule has 0 heterocycles. The number of nitrogens with two attached hydrogens (primary N) is 1. The van der Waals surface area contributed by atoms with Gasteiger partial charge in [0.2, 0.25) is 0 Å². The summed E-state index contributed by atoms with van der Waals surface area (Å²) in [7, 11) is 0. The van der Waals surface area contributed by atoms with Crippen LogP contribution in [0.15, 0.2) is 0 Å². The molecule has 0 aliphatic rings. The normalized spacial score (nSPS) is 13.0. The molecule has 0 rings (SSSR count). The van der Waals surface area contributed by atoms with Crippen LogP contribution in [-0.2, 0) is 9.53 Å². The third kappa shape index (κ3) is 8.20. The molecule has 84 valence electrons. The summed E-state index contributed by atoms with van der Waals surface area (Å²) in [6, 6.07) is 0. The lowest BCUT2D eigenvalue weighted by Crippen LogP contribution is -2.38. The Morgan fingerprint density at radius 3 is 2.07 bits per heavy atom. The summed E-state index contributed by atoms with van der Waals surface area (Å²) in [5, 5.41) is 0. The van der Waals surface area contributed by atoms with Crippen molar-refractivity contribution in [1.82, 2.24) is 0 Å². The van der Waals surface area contributed by atoms with Gasteiger partial charge in [0.1, 0.15) is 5.78 Å². The number of Topliss-reactive ketones (excluding diaryl/α,β-unsaturated/α-hetero) is 1. The topological polar surface area (TPSA) is 52.3 Å². The molecule has 0 saturated carbocycles. The number of hydrogen-bond acceptors (Lipinski definition) is 3. The van der Waals surface area contributed by atoms with Gasteiger partial charge >= 0.3 is 0 Å². The van der Waals surface area contributed by atoms with Crippen molar-refractivity contribution in [2.75, 3.05) is 13.2 Å². The lowest BCUT2D eigenvalue weighted by atomic mass is 9.89. The number of ketones is 1. The maximum Gasteiger partial charge on any atom is 0.130 e. The molecule has 0 fully saturated rings. The molecule has 0 bridgehead atoms. The van der Waals surface area contributed by atoms with Gasteiger partial charge in [-0.3, -0.25) is 0 Å². The van der Waals surface area contributed by atoms with Crippen molar-refractivity contribution in [3.05, 3.63) is 0 Å². The maximum absolute atomic E-state index is 10.9. The fourth-order valence-electron chi connectivity index (χ4n) is 1.32.